The van der Waals surface area contributed by atoms with Gasteiger partial charge >= 0.3 is 7.82 Å². The molecule has 0 radical (unpaired) electrons. The van der Waals surface area contributed by atoms with Crippen LogP contribution in [0.4, 0.5) is 5.69 Å². The Bertz CT molecular complexity index is 891. The van der Waals surface area contributed by atoms with Crippen molar-refractivity contribution in [2.45, 2.75) is 50.7 Å². The van der Waals surface area contributed by atoms with Crippen molar-refractivity contribution in [2.75, 3.05) is 31.7 Å². The fraction of sp³-hybridized carbons (Fsp3) is 0.667. The largest absolute Gasteiger partial charge is 0.469 e. The zero-order valence-electron chi connectivity index (χ0n) is 17.2. The Kier molecular flexibility index (Phi) is 8.36. The normalized spacial score (nSPS) is 24.2. The lowest BCUT2D eigenvalue weighted by molar-refractivity contribution is -0.0503. The Morgan fingerprint density at radius 1 is 1.23 bits per heavy atom. The van der Waals surface area contributed by atoms with Crippen LogP contribution in [0.2, 0.25) is 0 Å². The minimum absolute atomic E-state index is 0.428. The topological polar surface area (TPSA) is 168 Å². The first-order chi connectivity index (χ1) is 14.8. The second kappa shape index (κ2) is 10.8. The summed E-state index contributed by atoms with van der Waals surface area (Å²) in [5, 5.41) is 23.9. The number of hydrogen-bond donors (Lipinski definition) is 5. The number of anilines is 1. The third-order valence-electron chi connectivity index (χ3n) is 4.90. The summed E-state index contributed by atoms with van der Waals surface area (Å²) in [6.07, 6.45) is 1.07. The molecule has 0 spiro atoms. The Hall–Kier alpha value is -1.63. The molecule has 2 aromatic rings. The van der Waals surface area contributed by atoms with E-state index in [0.29, 0.717) is 24.3 Å². The van der Waals surface area contributed by atoms with E-state index in [1.165, 1.54) is 10.9 Å². The first kappa shape index (κ1) is 24.0. The number of rotatable bonds is 12. The van der Waals surface area contributed by atoms with Crippen molar-refractivity contribution in [1.29, 1.82) is 0 Å². The minimum Gasteiger partial charge on any atom is -0.387 e. The number of aromatic nitrogens is 3. The summed E-state index contributed by atoms with van der Waals surface area (Å²) in [7, 11) is -4.73. The molecule has 1 aliphatic rings. The number of unbranched alkanes of at least 4 members (excludes halogenated alkanes) is 1. The Morgan fingerprint density at radius 3 is 2.74 bits per heavy atom. The van der Waals surface area contributed by atoms with Gasteiger partial charge in [-0.3, -0.25) is 9.09 Å². The van der Waals surface area contributed by atoms with Gasteiger partial charge < -0.3 is 34.8 Å². The number of hydrogen-bond acceptors (Lipinski definition) is 9. The van der Waals surface area contributed by atoms with E-state index in [1.807, 2.05) is 0 Å². The first-order valence-corrected chi connectivity index (χ1v) is 11.7. The Balaban J connectivity index is 1.64. The highest BCUT2D eigenvalue weighted by molar-refractivity contribution is 7.46. The van der Waals surface area contributed by atoms with Crippen molar-refractivity contribution < 1.29 is 38.6 Å². The number of phosphoric ester groups is 1. The first-order valence-electron chi connectivity index (χ1n) is 10.2. The predicted octanol–water partition coefficient (Wildman–Crippen LogP) is 0.778. The molecule has 1 fully saturated rings. The molecule has 12 nitrogen and oxygen atoms in total. The summed E-state index contributed by atoms with van der Waals surface area (Å²) in [5.41, 5.74) is 1.75. The average Bonchev–Trinajstić information content (AvgIpc) is 3.27. The van der Waals surface area contributed by atoms with Gasteiger partial charge in [0.1, 0.15) is 23.8 Å². The van der Waals surface area contributed by atoms with E-state index in [-0.39, 0.29) is 0 Å². The van der Waals surface area contributed by atoms with Crippen LogP contribution >= 0.6 is 7.82 Å². The van der Waals surface area contributed by atoms with Crippen LogP contribution in [0.25, 0.3) is 11.2 Å². The lowest BCUT2D eigenvalue weighted by Gasteiger charge is -2.16. The van der Waals surface area contributed by atoms with E-state index < -0.39 is 39.0 Å². The van der Waals surface area contributed by atoms with Gasteiger partial charge in [0, 0.05) is 26.0 Å². The van der Waals surface area contributed by atoms with Gasteiger partial charge in [-0.25, -0.2) is 14.5 Å². The molecule has 3 rings (SSSR count). The van der Waals surface area contributed by atoms with Gasteiger partial charge in [0.2, 0.25) is 0 Å². The quantitative estimate of drug-likeness (QED) is 0.224. The number of aliphatic hydroxyl groups excluding tert-OH is 2. The van der Waals surface area contributed by atoms with Crippen LogP contribution < -0.4 is 5.32 Å². The monoisotopic (exact) mass is 460 g/mol. The second-order valence-corrected chi connectivity index (χ2v) is 8.50. The Labute approximate surface area is 179 Å². The maximum atomic E-state index is 10.9. The number of pyridine rings is 1. The number of aliphatic hydroxyl groups is 2. The number of phosphoric acid groups is 1. The molecular formula is C18H29N4O8P. The molecule has 174 valence electrons. The number of nitrogens with one attached hydrogen (secondary N) is 1. The van der Waals surface area contributed by atoms with Gasteiger partial charge in [0.25, 0.3) is 0 Å². The standard InChI is InChI=1S/C18H29N4O8P/c1-2-3-8-28-9-4-6-19-12-5-7-20-17-14(12)21-11-22(17)18-16(24)15(23)13(30-18)10-29-31(25,26)27/h5,7,11,13,15-16,18,23-24H,2-4,6,8-10H2,1H3,(H,19,20)(H2,25,26,27)/t13?,15-,16-,18-/m1/s1. The third-order valence-corrected chi connectivity index (χ3v) is 5.39. The highest BCUT2D eigenvalue weighted by Crippen LogP contribution is 2.39. The van der Waals surface area contributed by atoms with Gasteiger partial charge in [-0.15, -0.1) is 0 Å². The van der Waals surface area contributed by atoms with Gasteiger partial charge in [0.15, 0.2) is 11.9 Å². The van der Waals surface area contributed by atoms with Crippen molar-refractivity contribution in [3.63, 3.8) is 0 Å². The average molecular weight is 460 g/mol. The molecule has 1 aliphatic heterocycles. The van der Waals surface area contributed by atoms with E-state index in [2.05, 4.69) is 26.7 Å². The van der Waals surface area contributed by atoms with E-state index in [4.69, 9.17) is 19.3 Å². The third kappa shape index (κ3) is 6.21. The molecule has 31 heavy (non-hydrogen) atoms. The van der Waals surface area contributed by atoms with Crippen LogP contribution in [0.5, 0.6) is 0 Å². The van der Waals surface area contributed by atoms with E-state index in [0.717, 1.165) is 31.6 Å². The van der Waals surface area contributed by atoms with Crippen molar-refractivity contribution in [3.05, 3.63) is 18.6 Å². The van der Waals surface area contributed by atoms with Crippen molar-refractivity contribution in [3.8, 4) is 0 Å². The molecule has 0 bridgehead atoms. The number of ether oxygens (including phenoxy) is 2. The van der Waals surface area contributed by atoms with E-state index in [9.17, 15) is 14.8 Å². The summed E-state index contributed by atoms with van der Waals surface area (Å²) < 4.78 is 27.9. The summed E-state index contributed by atoms with van der Waals surface area (Å²) >= 11 is 0. The fourth-order valence-corrected chi connectivity index (χ4v) is 3.62. The van der Waals surface area contributed by atoms with Crippen LogP contribution in [0, 0.1) is 0 Å². The molecule has 2 aromatic heterocycles. The molecule has 4 atom stereocenters. The maximum Gasteiger partial charge on any atom is 0.469 e. The number of imidazole rings is 1. The zero-order chi connectivity index (χ0) is 22.4. The molecule has 0 aromatic carbocycles. The van der Waals surface area contributed by atoms with Gasteiger partial charge in [0.05, 0.1) is 18.6 Å². The highest BCUT2D eigenvalue weighted by atomic mass is 31.2. The summed E-state index contributed by atoms with van der Waals surface area (Å²) in [5.74, 6) is 0. The highest BCUT2D eigenvalue weighted by Gasteiger charge is 2.45. The van der Waals surface area contributed by atoms with Crippen LogP contribution in [-0.4, -0.2) is 79.2 Å². The summed E-state index contributed by atoms with van der Waals surface area (Å²) in [6, 6.07) is 1.79. The summed E-state index contributed by atoms with van der Waals surface area (Å²) in [6.45, 7) is 3.64. The fourth-order valence-electron chi connectivity index (χ4n) is 3.28. The maximum absolute atomic E-state index is 10.9. The van der Waals surface area contributed by atoms with Crippen molar-refractivity contribution in [1.82, 2.24) is 14.5 Å². The van der Waals surface area contributed by atoms with Crippen molar-refractivity contribution in [2.24, 2.45) is 0 Å². The second-order valence-electron chi connectivity index (χ2n) is 7.26. The molecule has 1 saturated heterocycles. The lowest BCUT2D eigenvalue weighted by atomic mass is 10.1. The van der Waals surface area contributed by atoms with E-state index >= 15 is 0 Å². The molecule has 3 heterocycles. The SMILES string of the molecule is CCCCOCCCNc1ccnc2c1ncn2[C@@H]1OC(COP(=O)(O)O)[C@@H](O)[C@H]1O. The van der Waals surface area contributed by atoms with Crippen LogP contribution in [0.1, 0.15) is 32.4 Å². The molecule has 1 unspecified atom stereocenters. The number of nitrogens with zero attached hydrogens (tertiary/aromatic N) is 3. The van der Waals surface area contributed by atoms with Crippen molar-refractivity contribution >= 4 is 24.7 Å². The molecule has 13 heteroatoms. The van der Waals surface area contributed by atoms with E-state index in [1.54, 1.807) is 12.3 Å². The number of fused-ring (bicyclic) bond motifs is 1. The van der Waals surface area contributed by atoms with Crippen LogP contribution in [0.3, 0.4) is 0 Å². The van der Waals surface area contributed by atoms with Gasteiger partial charge in [-0.05, 0) is 18.9 Å². The van der Waals surface area contributed by atoms with Crippen LogP contribution in [-0.2, 0) is 18.6 Å². The molecular weight excluding hydrogens is 431 g/mol. The van der Waals surface area contributed by atoms with Gasteiger partial charge in [-0.1, -0.05) is 13.3 Å². The van der Waals surface area contributed by atoms with Gasteiger partial charge in [-0.2, -0.15) is 0 Å². The summed E-state index contributed by atoms with van der Waals surface area (Å²) in [4.78, 5) is 26.3. The lowest BCUT2D eigenvalue weighted by Crippen LogP contribution is -2.33. The smallest absolute Gasteiger partial charge is 0.387 e. The Morgan fingerprint density at radius 2 is 2.00 bits per heavy atom. The predicted molar refractivity (Wildman–Crippen MR) is 110 cm³/mol. The molecule has 0 amide bonds. The zero-order valence-corrected chi connectivity index (χ0v) is 18.1. The molecule has 0 aliphatic carbocycles. The molecule has 5 N–H and O–H groups in total. The minimum atomic E-state index is -4.73. The van der Waals surface area contributed by atoms with Crippen LogP contribution in [0.15, 0.2) is 18.6 Å². The molecule has 0 saturated carbocycles.